The Hall–Kier alpha value is -3.38. The lowest BCUT2D eigenvalue weighted by Gasteiger charge is -2.40. The quantitative estimate of drug-likeness (QED) is 0.360. The predicted molar refractivity (Wildman–Crippen MR) is 144 cm³/mol. The normalized spacial score (nSPS) is 30.3. The summed E-state index contributed by atoms with van der Waals surface area (Å²) in [6.07, 6.45) is 3.21. The minimum absolute atomic E-state index is 0.0244. The standard InChI is InChI=1S/C29H30F4N6O2/c30-14-9-29(6-1-7-38(29)10-14)13-41-28-36-26-22-21(8-17(24(26)33)16-3-4-18(31)25(34)23(16)32)40-12-20-19-5-2-15(35-19)11-39(20)27(22)37-28/h3-4,8,14-15,19-20,35H,1-2,5-7,9-13,34H2/t14-,15+,19-,20+,29+/m1/s1. The third-order valence-electron chi connectivity index (χ3n) is 9.72. The molecule has 0 spiro atoms. The van der Waals surface area contributed by atoms with Gasteiger partial charge in [0.05, 0.1) is 17.0 Å². The zero-order chi connectivity index (χ0) is 28.0. The number of anilines is 2. The Bertz CT molecular complexity index is 1570. The molecule has 0 amide bonds. The van der Waals surface area contributed by atoms with Gasteiger partial charge in [0, 0.05) is 42.7 Å². The molecule has 0 unspecified atom stereocenters. The van der Waals surface area contributed by atoms with Crippen molar-refractivity contribution in [3.63, 3.8) is 0 Å². The third kappa shape index (κ3) is 3.79. The second-order valence-electron chi connectivity index (χ2n) is 12.1. The van der Waals surface area contributed by atoms with Gasteiger partial charge in [-0.2, -0.15) is 9.97 Å². The third-order valence-corrected chi connectivity index (χ3v) is 9.72. The number of benzene rings is 2. The van der Waals surface area contributed by atoms with E-state index in [2.05, 4.69) is 20.1 Å². The van der Waals surface area contributed by atoms with Crippen molar-refractivity contribution in [3.05, 3.63) is 35.7 Å². The van der Waals surface area contributed by atoms with Gasteiger partial charge in [0.1, 0.15) is 48.0 Å². The van der Waals surface area contributed by atoms with Gasteiger partial charge in [0.2, 0.25) is 0 Å². The fraction of sp³-hybridized carbons (Fsp3) is 0.517. The SMILES string of the molecule is Nc1c(F)ccc(-c2cc3c4c(nc(OC[C@@]56CCCN5C[C@H](F)C6)nc4c2F)N2C[C@@H]4CC[C@@H](N4)[C@@H]2CO3)c1F. The fourth-order valence-electron chi connectivity index (χ4n) is 7.73. The number of nitrogens with one attached hydrogen (secondary N) is 1. The fourth-order valence-corrected chi connectivity index (χ4v) is 7.73. The van der Waals surface area contributed by atoms with Gasteiger partial charge >= 0.3 is 6.01 Å². The van der Waals surface area contributed by atoms with E-state index in [1.165, 1.54) is 6.07 Å². The van der Waals surface area contributed by atoms with Crippen LogP contribution < -0.4 is 25.4 Å². The highest BCUT2D eigenvalue weighted by molar-refractivity contribution is 5.99. The molecule has 5 aliphatic heterocycles. The predicted octanol–water partition coefficient (Wildman–Crippen LogP) is 3.95. The van der Waals surface area contributed by atoms with Crippen molar-refractivity contribution >= 4 is 22.4 Å². The molecular weight excluding hydrogens is 540 g/mol. The molecule has 3 N–H and O–H groups in total. The molecule has 2 aromatic carbocycles. The number of ether oxygens (including phenoxy) is 2. The zero-order valence-corrected chi connectivity index (χ0v) is 22.3. The van der Waals surface area contributed by atoms with Crippen molar-refractivity contribution < 1.29 is 27.0 Å². The number of hydrogen-bond donors (Lipinski definition) is 2. The monoisotopic (exact) mass is 570 g/mol. The molecule has 0 aliphatic carbocycles. The number of piperazine rings is 1. The highest BCUT2D eigenvalue weighted by Gasteiger charge is 2.50. The number of nitrogens with two attached hydrogens (primary N) is 1. The van der Waals surface area contributed by atoms with Crippen LogP contribution in [0.4, 0.5) is 29.1 Å². The van der Waals surface area contributed by atoms with E-state index in [-0.39, 0.29) is 47.4 Å². The number of nitrogen functional groups attached to an aromatic ring is 1. The van der Waals surface area contributed by atoms with Crippen LogP contribution in [0.25, 0.3) is 22.0 Å². The molecule has 0 radical (unpaired) electrons. The van der Waals surface area contributed by atoms with Gasteiger partial charge in [0.15, 0.2) is 11.6 Å². The van der Waals surface area contributed by atoms with Crippen molar-refractivity contribution in [3.8, 4) is 22.9 Å². The molecule has 4 fully saturated rings. The van der Waals surface area contributed by atoms with Gasteiger partial charge < -0.3 is 25.4 Å². The van der Waals surface area contributed by atoms with E-state index in [1.54, 1.807) is 0 Å². The lowest BCUT2D eigenvalue weighted by atomic mass is 9.95. The summed E-state index contributed by atoms with van der Waals surface area (Å²) in [4.78, 5) is 13.6. The average molecular weight is 571 g/mol. The van der Waals surface area contributed by atoms with Crippen molar-refractivity contribution in [2.24, 2.45) is 0 Å². The highest BCUT2D eigenvalue weighted by Crippen LogP contribution is 2.46. The molecule has 0 saturated carbocycles. The second kappa shape index (κ2) is 9.06. The van der Waals surface area contributed by atoms with Crippen LogP contribution in [0.2, 0.25) is 0 Å². The lowest BCUT2D eigenvalue weighted by Crippen LogP contribution is -2.60. The number of nitrogens with zero attached hydrogens (tertiary/aromatic N) is 4. The number of fused-ring (bicyclic) bond motifs is 6. The van der Waals surface area contributed by atoms with Gasteiger partial charge in [-0.3, -0.25) is 4.90 Å². The Morgan fingerprint density at radius 1 is 1.12 bits per heavy atom. The first-order valence-electron chi connectivity index (χ1n) is 14.3. The number of aromatic nitrogens is 2. The van der Waals surface area contributed by atoms with Gasteiger partial charge in [-0.05, 0) is 50.4 Å². The maximum absolute atomic E-state index is 16.4. The molecule has 4 saturated heterocycles. The molecule has 41 heavy (non-hydrogen) atoms. The summed E-state index contributed by atoms with van der Waals surface area (Å²) in [5.41, 5.74) is 4.05. The zero-order valence-electron chi connectivity index (χ0n) is 22.3. The topological polar surface area (TPSA) is 88.8 Å². The smallest absolute Gasteiger partial charge is 0.319 e. The maximum Gasteiger partial charge on any atom is 0.319 e. The first-order valence-corrected chi connectivity index (χ1v) is 14.3. The van der Waals surface area contributed by atoms with Crippen LogP contribution in [0, 0.1) is 17.5 Å². The molecule has 12 heteroatoms. The molecule has 5 aliphatic rings. The Kier molecular flexibility index (Phi) is 5.60. The lowest BCUT2D eigenvalue weighted by molar-refractivity contribution is 0.107. The second-order valence-corrected chi connectivity index (χ2v) is 12.1. The molecule has 8 rings (SSSR count). The van der Waals surface area contributed by atoms with Gasteiger partial charge in [0.25, 0.3) is 0 Å². The summed E-state index contributed by atoms with van der Waals surface area (Å²) >= 11 is 0. The summed E-state index contributed by atoms with van der Waals surface area (Å²) in [7, 11) is 0. The van der Waals surface area contributed by atoms with Crippen LogP contribution in [-0.4, -0.2) is 77.6 Å². The Balaban J connectivity index is 1.28. The summed E-state index contributed by atoms with van der Waals surface area (Å²) in [5, 5.41) is 4.02. The largest absolute Gasteiger partial charge is 0.491 e. The molecule has 3 aromatic rings. The van der Waals surface area contributed by atoms with E-state index in [9.17, 15) is 8.78 Å². The molecule has 8 nitrogen and oxygen atoms in total. The van der Waals surface area contributed by atoms with E-state index in [1.807, 2.05) is 0 Å². The first kappa shape index (κ1) is 25.3. The Morgan fingerprint density at radius 2 is 2.00 bits per heavy atom. The molecule has 6 heterocycles. The van der Waals surface area contributed by atoms with Crippen LogP contribution in [0.3, 0.4) is 0 Å². The Labute approximate surface area is 233 Å². The van der Waals surface area contributed by atoms with Crippen molar-refractivity contribution in [2.45, 2.75) is 61.9 Å². The minimum atomic E-state index is -1.06. The number of halogens is 4. The average Bonchev–Trinajstić information content (AvgIpc) is 3.59. The van der Waals surface area contributed by atoms with Crippen LogP contribution in [0.15, 0.2) is 18.2 Å². The maximum atomic E-state index is 16.4. The van der Waals surface area contributed by atoms with E-state index in [0.29, 0.717) is 43.1 Å². The van der Waals surface area contributed by atoms with Crippen molar-refractivity contribution in [2.75, 3.05) is 43.5 Å². The molecule has 1 aromatic heterocycles. The van der Waals surface area contributed by atoms with Gasteiger partial charge in [-0.1, -0.05) is 0 Å². The van der Waals surface area contributed by atoms with E-state index in [4.69, 9.17) is 20.2 Å². The minimum Gasteiger partial charge on any atom is -0.491 e. The van der Waals surface area contributed by atoms with Crippen LogP contribution in [0.5, 0.6) is 11.8 Å². The van der Waals surface area contributed by atoms with Crippen molar-refractivity contribution in [1.29, 1.82) is 0 Å². The van der Waals surface area contributed by atoms with Gasteiger partial charge in [-0.25, -0.2) is 17.6 Å². The van der Waals surface area contributed by atoms with Crippen LogP contribution in [0.1, 0.15) is 32.1 Å². The number of alkyl halides is 1. The summed E-state index contributed by atoms with van der Waals surface area (Å²) in [6.45, 7) is 2.33. The van der Waals surface area contributed by atoms with E-state index < -0.39 is 34.8 Å². The molecule has 2 bridgehead atoms. The molecule has 216 valence electrons. The number of hydrogen-bond acceptors (Lipinski definition) is 8. The summed E-state index contributed by atoms with van der Waals surface area (Å²) < 4.78 is 72.3. The first-order chi connectivity index (χ1) is 19.8. The number of rotatable bonds is 4. The van der Waals surface area contributed by atoms with E-state index >= 15 is 8.78 Å². The molecular formula is C29H30F4N6O2. The Morgan fingerprint density at radius 3 is 2.88 bits per heavy atom. The van der Waals surface area contributed by atoms with E-state index in [0.717, 1.165) is 44.4 Å². The summed E-state index contributed by atoms with van der Waals surface area (Å²) in [6, 6.07) is 3.92. The van der Waals surface area contributed by atoms with Crippen molar-refractivity contribution in [1.82, 2.24) is 20.2 Å². The summed E-state index contributed by atoms with van der Waals surface area (Å²) in [5.74, 6) is -1.99. The van der Waals surface area contributed by atoms with Crippen LogP contribution in [-0.2, 0) is 0 Å². The molecule has 5 atom stereocenters. The van der Waals surface area contributed by atoms with Gasteiger partial charge in [-0.15, -0.1) is 0 Å². The van der Waals surface area contributed by atoms with Crippen LogP contribution >= 0.6 is 0 Å². The highest BCUT2D eigenvalue weighted by atomic mass is 19.1.